The number of halogens is 4. The molecule has 4 aromatic rings. The smallest absolute Gasteiger partial charge is 0.160 e. The number of rotatable bonds is 1. The number of H-pyrrole nitrogens is 1. The molecule has 3 heterocycles. The van der Waals surface area contributed by atoms with Crippen LogP contribution in [0.25, 0.3) is 21.8 Å². The fourth-order valence-corrected chi connectivity index (χ4v) is 5.32. The van der Waals surface area contributed by atoms with Crippen LogP contribution in [-0.2, 0) is 4.74 Å². The minimum atomic E-state index is 0. The van der Waals surface area contributed by atoms with Gasteiger partial charge in [0.25, 0.3) is 0 Å². The second-order valence-corrected chi connectivity index (χ2v) is 9.60. The van der Waals surface area contributed by atoms with E-state index in [-0.39, 0.29) is 21.1 Å². The maximum atomic E-state index is 6.26. The van der Waals surface area contributed by atoms with Crippen LogP contribution in [0.2, 0.25) is 10.3 Å². The van der Waals surface area contributed by atoms with Crippen LogP contribution in [-0.4, -0.2) is 26.6 Å². The van der Waals surface area contributed by atoms with Crippen LogP contribution in [0.3, 0.4) is 0 Å². The van der Waals surface area contributed by atoms with Crippen molar-refractivity contribution in [3.05, 3.63) is 54.6 Å². The van der Waals surface area contributed by atoms with E-state index in [4.69, 9.17) is 27.9 Å². The normalized spacial score (nSPS) is 15.6. The van der Waals surface area contributed by atoms with Gasteiger partial charge < -0.3 is 4.74 Å². The highest BCUT2D eigenvalue weighted by atomic mass is 79.9. The Bertz CT molecular complexity index is 1220. The van der Waals surface area contributed by atoms with E-state index in [0.717, 1.165) is 61.3 Å². The molecular formula is C23H28Br2Cl2N4O. The van der Waals surface area contributed by atoms with Crippen LogP contribution in [0.4, 0.5) is 0 Å². The van der Waals surface area contributed by atoms with Crippen LogP contribution in [0.15, 0.2) is 33.2 Å². The van der Waals surface area contributed by atoms with Crippen molar-refractivity contribution < 1.29 is 4.74 Å². The molecule has 2 aromatic carbocycles. The predicted molar refractivity (Wildman–Crippen MR) is 143 cm³/mol. The van der Waals surface area contributed by atoms with E-state index < -0.39 is 0 Å². The Morgan fingerprint density at radius 2 is 1.66 bits per heavy atom. The number of benzene rings is 2. The highest BCUT2D eigenvalue weighted by Gasteiger charge is 2.21. The Kier molecular flexibility index (Phi) is 9.61. The van der Waals surface area contributed by atoms with Crippen LogP contribution in [0.5, 0.6) is 0 Å². The summed E-state index contributed by atoms with van der Waals surface area (Å²) in [6.07, 6.45) is 3.32. The van der Waals surface area contributed by atoms with Gasteiger partial charge in [-0.1, -0.05) is 50.2 Å². The summed E-state index contributed by atoms with van der Waals surface area (Å²) in [6.45, 7) is 4.87. The number of hydrogen-bond acceptors (Lipinski definition) is 3. The first-order chi connectivity index (χ1) is 14.4. The van der Waals surface area contributed by atoms with Gasteiger partial charge in [0.2, 0.25) is 0 Å². The van der Waals surface area contributed by atoms with Gasteiger partial charge in [-0.05, 0) is 88.2 Å². The number of ether oxygens (including phenoxy) is 1. The first-order valence-electron chi connectivity index (χ1n) is 9.61. The molecule has 174 valence electrons. The van der Waals surface area contributed by atoms with Crippen molar-refractivity contribution in [3.63, 3.8) is 0 Å². The van der Waals surface area contributed by atoms with Gasteiger partial charge in [-0.25, -0.2) is 4.68 Å². The van der Waals surface area contributed by atoms with Gasteiger partial charge >= 0.3 is 0 Å². The monoisotopic (exact) mass is 604 g/mol. The molecule has 2 aromatic heterocycles. The molecule has 0 radical (unpaired) electrons. The number of aromatic nitrogens is 4. The molecule has 0 saturated carbocycles. The van der Waals surface area contributed by atoms with E-state index in [9.17, 15) is 0 Å². The SMILES string of the molecule is C.C.Cc1ccc2c(c(Cl)nn2C2CCCCO2)c1Br.Cc1ccc2n[nH]c(Cl)c2c1Br. The molecule has 1 atom stereocenters. The minimum Gasteiger partial charge on any atom is -0.356 e. The second-order valence-electron chi connectivity index (χ2n) is 7.28. The molecule has 0 amide bonds. The van der Waals surface area contributed by atoms with Crippen molar-refractivity contribution in [3.8, 4) is 0 Å². The Hall–Kier alpha value is -1.12. The number of nitrogens with zero attached hydrogens (tertiary/aromatic N) is 3. The number of aryl methyl sites for hydroxylation is 2. The van der Waals surface area contributed by atoms with Crippen LogP contribution in [0, 0.1) is 13.8 Å². The Morgan fingerprint density at radius 1 is 1.00 bits per heavy atom. The molecule has 1 aliphatic rings. The van der Waals surface area contributed by atoms with Crippen molar-refractivity contribution in [2.24, 2.45) is 0 Å². The third kappa shape index (κ3) is 5.17. The molecule has 5 rings (SSSR count). The van der Waals surface area contributed by atoms with Gasteiger partial charge in [0.15, 0.2) is 11.4 Å². The van der Waals surface area contributed by atoms with Crippen molar-refractivity contribution >= 4 is 76.9 Å². The average molecular weight is 607 g/mol. The zero-order valence-corrected chi connectivity index (χ0v) is 21.2. The molecule has 1 N–H and O–H groups in total. The largest absolute Gasteiger partial charge is 0.356 e. The zero-order valence-electron chi connectivity index (χ0n) is 16.5. The Morgan fingerprint density at radius 3 is 2.31 bits per heavy atom. The lowest BCUT2D eigenvalue weighted by Gasteiger charge is -2.23. The van der Waals surface area contributed by atoms with Gasteiger partial charge in [0, 0.05) is 15.6 Å². The summed E-state index contributed by atoms with van der Waals surface area (Å²) in [4.78, 5) is 0. The Labute approximate surface area is 216 Å². The summed E-state index contributed by atoms with van der Waals surface area (Å²) in [5.74, 6) is 0. The number of hydrogen-bond donors (Lipinski definition) is 1. The third-order valence-corrected chi connectivity index (χ3v) is 7.78. The third-order valence-electron chi connectivity index (χ3n) is 5.20. The second kappa shape index (κ2) is 11.3. The first-order valence-corrected chi connectivity index (χ1v) is 12.0. The van der Waals surface area contributed by atoms with Crippen LogP contribution >= 0.6 is 55.1 Å². The average Bonchev–Trinajstić information content (AvgIpc) is 3.29. The molecule has 1 saturated heterocycles. The molecule has 0 spiro atoms. The summed E-state index contributed by atoms with van der Waals surface area (Å²) in [7, 11) is 0. The van der Waals surface area contributed by atoms with Gasteiger partial charge in [-0.2, -0.15) is 10.2 Å². The maximum absolute atomic E-state index is 6.26. The van der Waals surface area contributed by atoms with Gasteiger partial charge in [0.05, 0.1) is 21.8 Å². The lowest BCUT2D eigenvalue weighted by molar-refractivity contribution is -0.0366. The number of nitrogens with one attached hydrogen (secondary N) is 1. The highest BCUT2D eigenvalue weighted by Crippen LogP contribution is 2.36. The van der Waals surface area contributed by atoms with Crippen LogP contribution < -0.4 is 0 Å². The number of aromatic amines is 1. The summed E-state index contributed by atoms with van der Waals surface area (Å²) < 4.78 is 9.73. The summed E-state index contributed by atoms with van der Waals surface area (Å²) in [5, 5.41) is 14.3. The molecule has 1 aliphatic heterocycles. The number of fused-ring (bicyclic) bond motifs is 2. The summed E-state index contributed by atoms with van der Waals surface area (Å²) >= 11 is 19.2. The van der Waals surface area contributed by atoms with Crippen molar-refractivity contribution in [1.82, 2.24) is 20.0 Å². The van der Waals surface area contributed by atoms with Crippen molar-refractivity contribution in [1.29, 1.82) is 0 Å². The first kappa shape index (κ1) is 27.1. The van der Waals surface area contributed by atoms with Gasteiger partial charge in [0.1, 0.15) is 5.15 Å². The van der Waals surface area contributed by atoms with E-state index in [1.165, 1.54) is 6.42 Å². The molecule has 5 nitrogen and oxygen atoms in total. The van der Waals surface area contributed by atoms with Gasteiger partial charge in [-0.3, -0.25) is 5.10 Å². The minimum absolute atomic E-state index is 0. The quantitative estimate of drug-likeness (QED) is 0.235. The fraction of sp³-hybridized carbons (Fsp3) is 0.391. The van der Waals surface area contributed by atoms with Crippen molar-refractivity contribution in [2.45, 2.75) is 54.2 Å². The fourth-order valence-electron chi connectivity index (χ4n) is 3.53. The van der Waals surface area contributed by atoms with E-state index in [1.807, 2.05) is 30.7 Å². The molecule has 1 unspecified atom stereocenters. The maximum Gasteiger partial charge on any atom is 0.160 e. The standard InChI is InChI=1S/C13H14BrClN2O.C8H6BrClN2.2CH4/c1-8-5-6-9-11(12(8)14)13(15)16-17(9)10-4-2-3-7-18-10;1-4-2-3-5-6(7(4)9)8(10)12-11-5;;/h5-6,10H,2-4,7H2,1H3;2-3H,1H3,(H,11,12);2*1H4. The van der Waals surface area contributed by atoms with E-state index >= 15 is 0 Å². The lowest BCUT2D eigenvalue weighted by Crippen LogP contribution is -2.19. The molecule has 1 fully saturated rings. The Balaban J connectivity index is 0.000000229. The highest BCUT2D eigenvalue weighted by molar-refractivity contribution is 9.11. The summed E-state index contributed by atoms with van der Waals surface area (Å²) in [6, 6.07) is 8.08. The van der Waals surface area contributed by atoms with Crippen LogP contribution in [0.1, 0.15) is 51.5 Å². The molecule has 9 heteroatoms. The van der Waals surface area contributed by atoms with E-state index in [0.29, 0.717) is 10.3 Å². The van der Waals surface area contributed by atoms with Crippen molar-refractivity contribution in [2.75, 3.05) is 6.61 Å². The van der Waals surface area contributed by atoms with Gasteiger partial charge in [-0.15, -0.1) is 0 Å². The van der Waals surface area contributed by atoms with E-state index in [2.05, 4.69) is 59.3 Å². The lowest BCUT2D eigenvalue weighted by atomic mass is 10.1. The topological polar surface area (TPSA) is 55.7 Å². The zero-order chi connectivity index (χ0) is 21.4. The van der Waals surface area contributed by atoms with E-state index in [1.54, 1.807) is 0 Å². The molecule has 0 bridgehead atoms. The predicted octanol–water partition coefficient (Wildman–Crippen LogP) is 9.02. The molecule has 0 aliphatic carbocycles. The molecular weight excluding hydrogens is 579 g/mol. The molecule has 32 heavy (non-hydrogen) atoms. The summed E-state index contributed by atoms with van der Waals surface area (Å²) in [5.41, 5.74) is 4.24.